The van der Waals surface area contributed by atoms with Gasteiger partial charge in [-0.1, -0.05) is 42.2 Å². The molecule has 0 atom stereocenters. The van der Waals surface area contributed by atoms with Crippen LogP contribution < -0.4 is 5.73 Å². The summed E-state index contributed by atoms with van der Waals surface area (Å²) in [6.07, 6.45) is 3.83. The van der Waals surface area contributed by atoms with Gasteiger partial charge >= 0.3 is 0 Å². The molecule has 1 aromatic carbocycles. The van der Waals surface area contributed by atoms with Crippen molar-refractivity contribution < 1.29 is 5.21 Å². The first kappa shape index (κ1) is 15.1. The third kappa shape index (κ3) is 3.64. The van der Waals surface area contributed by atoms with E-state index in [4.69, 9.17) is 22.5 Å². The zero-order chi connectivity index (χ0) is 14.5. The monoisotopic (exact) mass is 295 g/mol. The zero-order valence-electron chi connectivity index (χ0n) is 11.8. The molecule has 1 fully saturated rings. The van der Waals surface area contributed by atoms with Crippen LogP contribution in [0.4, 0.5) is 0 Å². The Kier molecular flexibility index (Phi) is 5.26. The SMILES string of the molecule is CCC1CCN(Cc2ccc(/C(N)=N/O)cc2Cl)CC1. The average Bonchev–Trinajstić information content (AvgIpc) is 2.49. The Morgan fingerprint density at radius 1 is 1.45 bits per heavy atom. The molecule has 20 heavy (non-hydrogen) atoms. The summed E-state index contributed by atoms with van der Waals surface area (Å²) in [5.41, 5.74) is 7.30. The molecule has 3 N–H and O–H groups in total. The van der Waals surface area contributed by atoms with Crippen LogP contribution in [0.1, 0.15) is 37.3 Å². The average molecular weight is 296 g/mol. The third-order valence-corrected chi connectivity index (χ3v) is 4.49. The van der Waals surface area contributed by atoms with E-state index in [-0.39, 0.29) is 5.84 Å². The molecular formula is C15H22ClN3O. The number of amidine groups is 1. The van der Waals surface area contributed by atoms with Crippen LogP contribution in [0.2, 0.25) is 5.02 Å². The Morgan fingerprint density at radius 3 is 2.70 bits per heavy atom. The summed E-state index contributed by atoms with van der Waals surface area (Å²) >= 11 is 6.29. The van der Waals surface area contributed by atoms with E-state index < -0.39 is 0 Å². The van der Waals surface area contributed by atoms with Crippen molar-refractivity contribution in [1.29, 1.82) is 0 Å². The van der Waals surface area contributed by atoms with Crippen LogP contribution in [0.25, 0.3) is 0 Å². The zero-order valence-corrected chi connectivity index (χ0v) is 12.6. The fourth-order valence-electron chi connectivity index (χ4n) is 2.69. The van der Waals surface area contributed by atoms with Gasteiger partial charge in [0.15, 0.2) is 5.84 Å². The van der Waals surface area contributed by atoms with Gasteiger partial charge in [-0.25, -0.2) is 0 Å². The highest BCUT2D eigenvalue weighted by Crippen LogP contribution is 2.24. The molecule has 0 bridgehead atoms. The maximum absolute atomic E-state index is 8.67. The lowest BCUT2D eigenvalue weighted by atomic mass is 9.94. The van der Waals surface area contributed by atoms with Gasteiger partial charge in [-0.3, -0.25) is 4.90 Å². The smallest absolute Gasteiger partial charge is 0.170 e. The Labute approximate surface area is 125 Å². The van der Waals surface area contributed by atoms with Crippen LogP contribution in [0, 0.1) is 5.92 Å². The van der Waals surface area contributed by atoms with Gasteiger partial charge < -0.3 is 10.9 Å². The van der Waals surface area contributed by atoms with E-state index in [9.17, 15) is 0 Å². The van der Waals surface area contributed by atoms with Gasteiger partial charge in [0.25, 0.3) is 0 Å². The summed E-state index contributed by atoms with van der Waals surface area (Å²) < 4.78 is 0. The number of rotatable bonds is 4. The van der Waals surface area contributed by atoms with Gasteiger partial charge in [-0.15, -0.1) is 0 Å². The van der Waals surface area contributed by atoms with Crippen molar-refractivity contribution in [3.05, 3.63) is 34.3 Å². The van der Waals surface area contributed by atoms with Crippen LogP contribution in [0.15, 0.2) is 23.4 Å². The lowest BCUT2D eigenvalue weighted by Gasteiger charge is -2.31. The van der Waals surface area contributed by atoms with Gasteiger partial charge in [0, 0.05) is 17.1 Å². The molecule has 1 saturated heterocycles. The van der Waals surface area contributed by atoms with Crippen molar-refractivity contribution in [3.63, 3.8) is 0 Å². The van der Waals surface area contributed by atoms with Gasteiger partial charge in [0.1, 0.15) is 0 Å². The second-order valence-electron chi connectivity index (χ2n) is 5.42. The second kappa shape index (κ2) is 6.95. The molecular weight excluding hydrogens is 274 g/mol. The number of benzene rings is 1. The molecule has 0 saturated carbocycles. The molecule has 0 aliphatic carbocycles. The molecule has 1 heterocycles. The molecule has 0 radical (unpaired) electrons. The normalized spacial score (nSPS) is 18.4. The first-order valence-corrected chi connectivity index (χ1v) is 7.50. The standard InChI is InChI=1S/C15H22ClN3O/c1-2-11-5-7-19(8-6-11)10-13-4-3-12(9-14(13)16)15(17)18-20/h3-4,9,11,20H,2,5-8,10H2,1H3,(H2,17,18). The van der Waals surface area contributed by atoms with E-state index in [1.165, 1.54) is 19.3 Å². The number of nitrogens with zero attached hydrogens (tertiary/aromatic N) is 2. The van der Waals surface area contributed by atoms with Gasteiger partial charge in [-0.05, 0) is 43.5 Å². The number of oxime groups is 1. The first-order valence-electron chi connectivity index (χ1n) is 7.12. The van der Waals surface area contributed by atoms with Crippen LogP contribution >= 0.6 is 11.6 Å². The van der Waals surface area contributed by atoms with Crippen LogP contribution in [0.5, 0.6) is 0 Å². The maximum Gasteiger partial charge on any atom is 0.170 e. The van der Waals surface area contributed by atoms with Gasteiger partial charge in [0.2, 0.25) is 0 Å². The van der Waals surface area contributed by atoms with Crippen LogP contribution in [-0.4, -0.2) is 29.0 Å². The second-order valence-corrected chi connectivity index (χ2v) is 5.83. The summed E-state index contributed by atoms with van der Waals surface area (Å²) in [6.45, 7) is 5.41. The molecule has 0 aromatic heterocycles. The number of halogens is 1. The molecule has 110 valence electrons. The predicted octanol–water partition coefficient (Wildman–Crippen LogP) is 3.06. The Morgan fingerprint density at radius 2 is 2.15 bits per heavy atom. The molecule has 5 heteroatoms. The highest BCUT2D eigenvalue weighted by molar-refractivity contribution is 6.31. The summed E-state index contributed by atoms with van der Waals surface area (Å²) in [4.78, 5) is 2.44. The quantitative estimate of drug-likeness (QED) is 0.388. The summed E-state index contributed by atoms with van der Waals surface area (Å²) in [7, 11) is 0. The van der Waals surface area contributed by atoms with E-state index in [1.807, 2.05) is 12.1 Å². The van der Waals surface area contributed by atoms with Crippen molar-refractivity contribution in [2.24, 2.45) is 16.8 Å². The topological polar surface area (TPSA) is 61.8 Å². The van der Waals surface area contributed by atoms with Crippen molar-refractivity contribution in [2.45, 2.75) is 32.7 Å². The molecule has 1 aliphatic rings. The number of piperidine rings is 1. The van der Waals surface area contributed by atoms with Crippen LogP contribution in [-0.2, 0) is 6.54 Å². The molecule has 1 aromatic rings. The van der Waals surface area contributed by atoms with E-state index in [0.717, 1.165) is 31.1 Å². The third-order valence-electron chi connectivity index (χ3n) is 4.14. The minimum atomic E-state index is 0.0854. The molecule has 0 unspecified atom stereocenters. The number of nitrogens with two attached hydrogens (primary N) is 1. The number of hydrogen-bond acceptors (Lipinski definition) is 3. The summed E-state index contributed by atoms with van der Waals surface area (Å²) in [5.74, 6) is 0.965. The predicted molar refractivity (Wildman–Crippen MR) is 82.3 cm³/mol. The van der Waals surface area contributed by atoms with Crippen molar-refractivity contribution >= 4 is 17.4 Å². The number of likely N-dealkylation sites (tertiary alicyclic amines) is 1. The van der Waals surface area contributed by atoms with Crippen molar-refractivity contribution in [1.82, 2.24) is 4.90 Å². The summed E-state index contributed by atoms with van der Waals surface area (Å²) in [5, 5.41) is 12.3. The highest BCUT2D eigenvalue weighted by Gasteiger charge is 2.18. The number of hydrogen-bond donors (Lipinski definition) is 2. The Balaban J connectivity index is 2.00. The van der Waals surface area contributed by atoms with Crippen molar-refractivity contribution in [2.75, 3.05) is 13.1 Å². The minimum absolute atomic E-state index is 0.0854. The lowest BCUT2D eigenvalue weighted by Crippen LogP contribution is -2.33. The van der Waals surface area contributed by atoms with Crippen LogP contribution in [0.3, 0.4) is 0 Å². The van der Waals surface area contributed by atoms with E-state index in [0.29, 0.717) is 10.6 Å². The first-order chi connectivity index (χ1) is 9.63. The minimum Gasteiger partial charge on any atom is -0.409 e. The molecule has 0 amide bonds. The fourth-order valence-corrected chi connectivity index (χ4v) is 2.93. The van der Waals surface area contributed by atoms with Gasteiger partial charge in [-0.2, -0.15) is 0 Å². The molecule has 0 spiro atoms. The van der Waals surface area contributed by atoms with E-state index in [2.05, 4.69) is 17.0 Å². The van der Waals surface area contributed by atoms with E-state index >= 15 is 0 Å². The molecule has 4 nitrogen and oxygen atoms in total. The summed E-state index contributed by atoms with van der Waals surface area (Å²) in [6, 6.07) is 5.56. The largest absolute Gasteiger partial charge is 0.409 e. The molecule has 2 rings (SSSR count). The van der Waals surface area contributed by atoms with Crippen molar-refractivity contribution in [3.8, 4) is 0 Å². The Hall–Kier alpha value is -1.26. The van der Waals surface area contributed by atoms with E-state index in [1.54, 1.807) is 6.07 Å². The fraction of sp³-hybridized carbons (Fsp3) is 0.533. The Bertz CT molecular complexity index is 482. The highest BCUT2D eigenvalue weighted by atomic mass is 35.5. The molecule has 1 aliphatic heterocycles. The lowest BCUT2D eigenvalue weighted by molar-refractivity contribution is 0.175. The maximum atomic E-state index is 8.67. The van der Waals surface area contributed by atoms with Gasteiger partial charge in [0.05, 0.1) is 0 Å².